The lowest BCUT2D eigenvalue weighted by molar-refractivity contribution is -0.145. The summed E-state index contributed by atoms with van der Waals surface area (Å²) in [5, 5.41) is 3.80. The van der Waals surface area contributed by atoms with E-state index in [2.05, 4.69) is 10.1 Å². The van der Waals surface area contributed by atoms with Crippen molar-refractivity contribution < 1.29 is 9.53 Å². The monoisotopic (exact) mass is 184 g/mol. The van der Waals surface area contributed by atoms with Gasteiger partial charge in [-0.2, -0.15) is 5.10 Å². The topological polar surface area (TPSA) is 83.0 Å². The molecular weight excluding hydrogens is 172 g/mol. The molecule has 1 atom stereocenters. The zero-order valence-electron chi connectivity index (χ0n) is 7.60. The van der Waals surface area contributed by atoms with Crippen molar-refractivity contribution in [2.45, 2.75) is 13.0 Å². The Labute approximate surface area is 75.7 Å². The van der Waals surface area contributed by atoms with Gasteiger partial charge in [0.1, 0.15) is 6.33 Å². The van der Waals surface area contributed by atoms with Crippen LogP contribution in [-0.2, 0) is 16.6 Å². The van der Waals surface area contributed by atoms with Crippen molar-refractivity contribution in [1.82, 2.24) is 14.8 Å². The molecular formula is C7H12N4O2. The average Bonchev–Trinajstić information content (AvgIpc) is 2.50. The Balaban J connectivity index is 2.73. The molecule has 0 radical (unpaired) electrons. The van der Waals surface area contributed by atoms with E-state index in [-0.39, 0.29) is 0 Å². The van der Waals surface area contributed by atoms with Crippen molar-refractivity contribution in [3.8, 4) is 0 Å². The van der Waals surface area contributed by atoms with E-state index in [4.69, 9.17) is 10.5 Å². The van der Waals surface area contributed by atoms with E-state index in [0.29, 0.717) is 12.4 Å². The van der Waals surface area contributed by atoms with E-state index in [0.717, 1.165) is 0 Å². The Bertz CT molecular complexity index is 296. The van der Waals surface area contributed by atoms with Crippen molar-refractivity contribution in [3.63, 3.8) is 0 Å². The van der Waals surface area contributed by atoms with Crippen LogP contribution in [0.1, 0.15) is 18.8 Å². The number of esters is 1. The molecule has 0 aliphatic heterocycles. The molecule has 1 aromatic heterocycles. The van der Waals surface area contributed by atoms with Gasteiger partial charge in [-0.1, -0.05) is 0 Å². The predicted octanol–water partition coefficient (Wildman–Crippen LogP) is -0.622. The minimum Gasteiger partial charge on any atom is -0.464 e. The van der Waals surface area contributed by atoms with E-state index in [1.807, 2.05) is 0 Å². The molecule has 0 spiro atoms. The summed E-state index contributed by atoms with van der Waals surface area (Å²) in [6, 6.07) is -0.854. The number of hydrogen-bond donors (Lipinski definition) is 1. The van der Waals surface area contributed by atoms with Gasteiger partial charge in [0.2, 0.25) is 0 Å². The lowest BCUT2D eigenvalue weighted by Gasteiger charge is -2.08. The lowest BCUT2D eigenvalue weighted by Crippen LogP contribution is -2.26. The van der Waals surface area contributed by atoms with Gasteiger partial charge in [0.25, 0.3) is 0 Å². The summed E-state index contributed by atoms with van der Waals surface area (Å²) in [4.78, 5) is 15.0. The summed E-state index contributed by atoms with van der Waals surface area (Å²) in [6.07, 6.45) is 1.34. The highest BCUT2D eigenvalue weighted by molar-refractivity contribution is 5.76. The van der Waals surface area contributed by atoms with Crippen LogP contribution in [0.2, 0.25) is 0 Å². The zero-order valence-corrected chi connectivity index (χ0v) is 7.60. The number of carbonyl (C=O) groups excluding carboxylic acids is 1. The minimum absolute atomic E-state index is 0.310. The molecule has 0 fully saturated rings. The maximum atomic E-state index is 11.2. The van der Waals surface area contributed by atoms with Crippen molar-refractivity contribution in [1.29, 1.82) is 0 Å². The van der Waals surface area contributed by atoms with Crippen LogP contribution in [-0.4, -0.2) is 27.3 Å². The van der Waals surface area contributed by atoms with Crippen molar-refractivity contribution in [2.24, 2.45) is 12.8 Å². The molecule has 1 unspecified atom stereocenters. The summed E-state index contributed by atoms with van der Waals surface area (Å²) >= 11 is 0. The number of hydrogen-bond acceptors (Lipinski definition) is 5. The maximum Gasteiger partial charge on any atom is 0.330 e. The zero-order chi connectivity index (χ0) is 9.84. The third-order valence-electron chi connectivity index (χ3n) is 1.57. The van der Waals surface area contributed by atoms with Gasteiger partial charge in [-0.25, -0.2) is 9.78 Å². The van der Waals surface area contributed by atoms with Gasteiger partial charge in [-0.3, -0.25) is 4.68 Å². The molecule has 0 saturated heterocycles. The SMILES string of the molecule is CCOC(=O)C(N)c1ncnn1C. The minimum atomic E-state index is -0.854. The molecule has 0 bridgehead atoms. The third-order valence-corrected chi connectivity index (χ3v) is 1.57. The van der Waals surface area contributed by atoms with Gasteiger partial charge in [-0.05, 0) is 6.92 Å². The highest BCUT2D eigenvalue weighted by Gasteiger charge is 2.21. The molecule has 1 heterocycles. The van der Waals surface area contributed by atoms with Crippen LogP contribution in [0.4, 0.5) is 0 Å². The molecule has 0 aliphatic rings. The van der Waals surface area contributed by atoms with Gasteiger partial charge < -0.3 is 10.5 Å². The van der Waals surface area contributed by atoms with Crippen LogP contribution in [0, 0.1) is 0 Å². The molecule has 1 aromatic rings. The van der Waals surface area contributed by atoms with Crippen LogP contribution in [0.3, 0.4) is 0 Å². The number of aryl methyl sites for hydroxylation is 1. The maximum absolute atomic E-state index is 11.2. The smallest absolute Gasteiger partial charge is 0.330 e. The van der Waals surface area contributed by atoms with E-state index in [9.17, 15) is 4.79 Å². The second-order valence-electron chi connectivity index (χ2n) is 2.47. The Morgan fingerprint density at radius 3 is 3.00 bits per heavy atom. The van der Waals surface area contributed by atoms with Crippen molar-refractivity contribution in [3.05, 3.63) is 12.2 Å². The van der Waals surface area contributed by atoms with Gasteiger partial charge in [0, 0.05) is 7.05 Å². The normalized spacial score (nSPS) is 12.5. The first-order chi connectivity index (χ1) is 6.16. The molecule has 13 heavy (non-hydrogen) atoms. The Morgan fingerprint density at radius 2 is 2.54 bits per heavy atom. The first-order valence-electron chi connectivity index (χ1n) is 3.93. The third kappa shape index (κ3) is 2.03. The van der Waals surface area contributed by atoms with Crippen molar-refractivity contribution in [2.75, 3.05) is 6.61 Å². The highest BCUT2D eigenvalue weighted by Crippen LogP contribution is 2.06. The predicted molar refractivity (Wildman–Crippen MR) is 44.6 cm³/mol. The van der Waals surface area contributed by atoms with E-state index >= 15 is 0 Å². The number of carbonyl (C=O) groups is 1. The van der Waals surface area contributed by atoms with Gasteiger partial charge >= 0.3 is 5.97 Å². The van der Waals surface area contributed by atoms with Crippen LogP contribution in [0.5, 0.6) is 0 Å². The molecule has 0 aliphatic carbocycles. The summed E-state index contributed by atoms with van der Waals surface area (Å²) < 4.78 is 6.18. The number of nitrogens with zero attached hydrogens (tertiary/aromatic N) is 3. The van der Waals surface area contributed by atoms with Gasteiger partial charge in [0.05, 0.1) is 6.61 Å². The Kier molecular flexibility index (Phi) is 2.97. The van der Waals surface area contributed by atoms with Crippen LogP contribution in [0.15, 0.2) is 6.33 Å². The number of rotatable bonds is 3. The van der Waals surface area contributed by atoms with Crippen LogP contribution >= 0.6 is 0 Å². The average molecular weight is 184 g/mol. The van der Waals surface area contributed by atoms with Crippen molar-refractivity contribution >= 4 is 5.97 Å². The molecule has 0 aromatic carbocycles. The first kappa shape index (κ1) is 9.66. The Morgan fingerprint density at radius 1 is 1.85 bits per heavy atom. The summed E-state index contributed by atoms with van der Waals surface area (Å²) in [5.41, 5.74) is 5.57. The number of ether oxygens (including phenoxy) is 1. The standard InChI is InChI=1S/C7H12N4O2/c1-3-13-7(12)5(8)6-9-4-10-11(6)2/h4-5H,3,8H2,1-2H3. The second kappa shape index (κ2) is 3.99. The molecule has 2 N–H and O–H groups in total. The van der Waals surface area contributed by atoms with Gasteiger partial charge in [-0.15, -0.1) is 0 Å². The largest absolute Gasteiger partial charge is 0.464 e. The first-order valence-corrected chi connectivity index (χ1v) is 3.93. The van der Waals surface area contributed by atoms with Crippen LogP contribution in [0.25, 0.3) is 0 Å². The van der Waals surface area contributed by atoms with Crippen LogP contribution < -0.4 is 5.73 Å². The second-order valence-corrected chi connectivity index (χ2v) is 2.47. The fraction of sp³-hybridized carbons (Fsp3) is 0.571. The molecule has 0 saturated carbocycles. The fourth-order valence-electron chi connectivity index (χ4n) is 0.924. The van der Waals surface area contributed by atoms with E-state index in [1.165, 1.54) is 11.0 Å². The Hall–Kier alpha value is -1.43. The molecule has 1 rings (SSSR count). The van der Waals surface area contributed by atoms with Gasteiger partial charge in [0.15, 0.2) is 11.9 Å². The van der Waals surface area contributed by atoms with E-state index in [1.54, 1.807) is 14.0 Å². The lowest BCUT2D eigenvalue weighted by atomic mass is 10.3. The molecule has 0 amide bonds. The summed E-state index contributed by atoms with van der Waals surface area (Å²) in [7, 11) is 1.67. The van der Waals surface area contributed by atoms with E-state index < -0.39 is 12.0 Å². The summed E-state index contributed by atoms with van der Waals surface area (Å²) in [6.45, 7) is 2.03. The fourth-order valence-corrected chi connectivity index (χ4v) is 0.924. The molecule has 72 valence electrons. The molecule has 6 heteroatoms. The molecule has 6 nitrogen and oxygen atoms in total. The number of aromatic nitrogens is 3. The highest BCUT2D eigenvalue weighted by atomic mass is 16.5. The quantitative estimate of drug-likeness (QED) is 0.633. The summed E-state index contributed by atoms with van der Waals surface area (Å²) in [5.74, 6) is -0.0861. The number of nitrogens with two attached hydrogens (primary N) is 1.